The Hall–Kier alpha value is -0.980. The molecule has 1 aliphatic rings. The molecule has 1 fully saturated rings. The molecule has 0 radical (unpaired) electrons. The van der Waals surface area contributed by atoms with Crippen LogP contribution in [0.25, 0.3) is 0 Å². The summed E-state index contributed by atoms with van der Waals surface area (Å²) < 4.78 is 39.3. The van der Waals surface area contributed by atoms with Gasteiger partial charge in [-0.3, -0.25) is 0 Å². The van der Waals surface area contributed by atoms with E-state index in [1.54, 1.807) is 18.2 Å². The predicted octanol–water partition coefficient (Wildman–Crippen LogP) is 0.818. The molecule has 0 bridgehead atoms. The zero-order valence-corrected chi connectivity index (χ0v) is 9.74. The van der Waals surface area contributed by atoms with Gasteiger partial charge in [0.2, 0.25) is 0 Å². The fourth-order valence-corrected chi connectivity index (χ4v) is 2.66. The van der Waals surface area contributed by atoms with Crippen molar-refractivity contribution < 1.29 is 12.8 Å². The second kappa shape index (κ2) is 4.12. The molecule has 1 aromatic carbocycles. The van der Waals surface area contributed by atoms with Gasteiger partial charge < -0.3 is 0 Å². The number of nitrogens with zero attached hydrogens (tertiary/aromatic N) is 2. The van der Waals surface area contributed by atoms with Gasteiger partial charge >= 0.3 is 0 Å². The number of halogens is 1. The molecule has 2 rings (SSSR count). The van der Waals surface area contributed by atoms with Gasteiger partial charge in [-0.2, -0.15) is 17.0 Å². The highest BCUT2D eigenvalue weighted by atomic mass is 32.2. The molecule has 0 saturated carbocycles. The van der Waals surface area contributed by atoms with Crippen molar-refractivity contribution in [2.24, 2.45) is 0 Å². The van der Waals surface area contributed by atoms with Gasteiger partial charge in [0.05, 0.1) is 0 Å². The van der Waals surface area contributed by atoms with Crippen LogP contribution in [-0.2, 0) is 16.8 Å². The molecule has 6 heteroatoms. The average Bonchev–Trinajstić information content (AvgIpc) is 3.04. The summed E-state index contributed by atoms with van der Waals surface area (Å²) in [7, 11) is -1.92. The number of hydrogen-bond acceptors (Lipinski definition) is 2. The first-order chi connectivity index (χ1) is 7.51. The third-order valence-corrected chi connectivity index (χ3v) is 4.41. The van der Waals surface area contributed by atoms with Gasteiger partial charge in [-0.15, -0.1) is 0 Å². The Balaban J connectivity index is 2.13. The minimum absolute atomic E-state index is 0.0610. The molecule has 0 unspecified atom stereocenters. The van der Waals surface area contributed by atoms with E-state index in [4.69, 9.17) is 0 Å². The van der Waals surface area contributed by atoms with Crippen molar-refractivity contribution in [1.29, 1.82) is 0 Å². The highest BCUT2D eigenvalue weighted by molar-refractivity contribution is 7.86. The molecule has 0 N–H and O–H groups in total. The lowest BCUT2D eigenvalue weighted by Gasteiger charge is -2.17. The van der Waals surface area contributed by atoms with E-state index in [0.717, 1.165) is 0 Å². The van der Waals surface area contributed by atoms with E-state index in [1.165, 1.54) is 21.7 Å². The van der Waals surface area contributed by atoms with Crippen molar-refractivity contribution in [3.8, 4) is 0 Å². The molecule has 0 spiro atoms. The van der Waals surface area contributed by atoms with E-state index < -0.39 is 10.2 Å². The average molecular weight is 244 g/mol. The van der Waals surface area contributed by atoms with Crippen LogP contribution in [0.15, 0.2) is 24.3 Å². The van der Waals surface area contributed by atoms with E-state index in [9.17, 15) is 12.8 Å². The van der Waals surface area contributed by atoms with Crippen LogP contribution in [0, 0.1) is 5.82 Å². The van der Waals surface area contributed by atoms with Gasteiger partial charge in [0.1, 0.15) is 5.82 Å². The molecule has 0 aromatic heterocycles. The number of benzene rings is 1. The summed E-state index contributed by atoms with van der Waals surface area (Å²) in [6, 6.07) is 6.19. The molecule has 88 valence electrons. The van der Waals surface area contributed by atoms with Gasteiger partial charge in [0.25, 0.3) is 10.2 Å². The Bertz CT molecular complexity index is 485. The zero-order chi connectivity index (χ0) is 11.8. The maximum absolute atomic E-state index is 13.3. The summed E-state index contributed by atoms with van der Waals surface area (Å²) in [5.41, 5.74) is 0.385. The third kappa shape index (κ3) is 2.23. The SMILES string of the molecule is CN(Cc1ccccc1F)S(=O)(=O)N1CC1. The largest absolute Gasteiger partial charge is 0.282 e. The normalized spacial score (nSPS) is 16.7. The molecular weight excluding hydrogens is 231 g/mol. The Morgan fingerprint density at radius 1 is 1.38 bits per heavy atom. The second-order valence-corrected chi connectivity index (χ2v) is 5.79. The molecule has 0 aliphatic carbocycles. The molecule has 4 nitrogen and oxygen atoms in total. The highest BCUT2D eigenvalue weighted by Gasteiger charge is 2.35. The topological polar surface area (TPSA) is 40.4 Å². The Kier molecular flexibility index (Phi) is 2.96. The monoisotopic (exact) mass is 244 g/mol. The third-order valence-electron chi connectivity index (χ3n) is 2.48. The first-order valence-corrected chi connectivity index (χ1v) is 6.36. The van der Waals surface area contributed by atoms with Gasteiger partial charge in [-0.1, -0.05) is 18.2 Å². The summed E-state index contributed by atoms with van der Waals surface area (Å²) in [5.74, 6) is -0.379. The fraction of sp³-hybridized carbons (Fsp3) is 0.400. The first kappa shape index (κ1) is 11.5. The maximum Gasteiger partial charge on any atom is 0.282 e. The van der Waals surface area contributed by atoms with E-state index in [0.29, 0.717) is 18.7 Å². The lowest BCUT2D eigenvalue weighted by molar-refractivity contribution is 0.432. The molecule has 0 atom stereocenters. The van der Waals surface area contributed by atoms with E-state index in [1.807, 2.05) is 0 Å². The lowest BCUT2D eigenvalue weighted by atomic mass is 10.2. The van der Waals surface area contributed by atoms with Crippen molar-refractivity contribution >= 4 is 10.2 Å². The van der Waals surface area contributed by atoms with Gasteiger partial charge in [0, 0.05) is 32.2 Å². The van der Waals surface area contributed by atoms with Crippen LogP contribution in [0.2, 0.25) is 0 Å². The van der Waals surface area contributed by atoms with E-state index in [-0.39, 0.29) is 12.4 Å². The molecule has 1 aliphatic heterocycles. The first-order valence-electron chi connectivity index (χ1n) is 4.96. The summed E-state index contributed by atoms with van der Waals surface area (Å²) in [6.07, 6.45) is 0. The predicted molar refractivity (Wildman–Crippen MR) is 58.4 cm³/mol. The molecule has 1 saturated heterocycles. The Labute approximate surface area is 94.5 Å². The van der Waals surface area contributed by atoms with Crippen molar-refractivity contribution in [2.75, 3.05) is 20.1 Å². The Morgan fingerprint density at radius 2 is 2.00 bits per heavy atom. The summed E-state index contributed by atoms with van der Waals surface area (Å²) in [4.78, 5) is 0. The van der Waals surface area contributed by atoms with Gasteiger partial charge in [0.15, 0.2) is 0 Å². The summed E-state index contributed by atoms with van der Waals surface area (Å²) in [5, 5.41) is 0. The minimum Gasteiger partial charge on any atom is -0.207 e. The minimum atomic E-state index is -3.38. The van der Waals surface area contributed by atoms with Crippen molar-refractivity contribution in [3.63, 3.8) is 0 Å². The number of hydrogen-bond donors (Lipinski definition) is 0. The molecule has 1 aromatic rings. The van der Waals surface area contributed by atoms with Crippen LogP contribution in [0.3, 0.4) is 0 Å². The molecule has 16 heavy (non-hydrogen) atoms. The van der Waals surface area contributed by atoms with E-state index in [2.05, 4.69) is 0 Å². The Morgan fingerprint density at radius 3 is 2.56 bits per heavy atom. The van der Waals surface area contributed by atoms with Crippen LogP contribution in [-0.4, -0.2) is 37.2 Å². The van der Waals surface area contributed by atoms with Crippen molar-refractivity contribution in [2.45, 2.75) is 6.54 Å². The fourth-order valence-electron chi connectivity index (χ4n) is 1.42. The standard InChI is InChI=1S/C10H13FN2O2S/c1-12(16(14,15)13-6-7-13)8-9-4-2-3-5-10(9)11/h2-5H,6-8H2,1H3. The highest BCUT2D eigenvalue weighted by Crippen LogP contribution is 2.18. The second-order valence-electron chi connectivity index (χ2n) is 3.75. The van der Waals surface area contributed by atoms with Crippen LogP contribution < -0.4 is 0 Å². The smallest absolute Gasteiger partial charge is 0.207 e. The molecule has 1 heterocycles. The van der Waals surface area contributed by atoms with Crippen molar-refractivity contribution in [1.82, 2.24) is 8.61 Å². The van der Waals surface area contributed by atoms with Crippen LogP contribution in [0.1, 0.15) is 5.56 Å². The lowest BCUT2D eigenvalue weighted by Crippen LogP contribution is -2.32. The van der Waals surface area contributed by atoms with Crippen LogP contribution in [0.4, 0.5) is 4.39 Å². The van der Waals surface area contributed by atoms with Crippen LogP contribution >= 0.6 is 0 Å². The molecular formula is C10H13FN2O2S. The van der Waals surface area contributed by atoms with Crippen molar-refractivity contribution in [3.05, 3.63) is 35.6 Å². The van der Waals surface area contributed by atoms with Gasteiger partial charge in [-0.05, 0) is 6.07 Å². The number of rotatable bonds is 4. The van der Waals surface area contributed by atoms with E-state index >= 15 is 0 Å². The molecule has 0 amide bonds. The summed E-state index contributed by atoms with van der Waals surface area (Å²) >= 11 is 0. The van der Waals surface area contributed by atoms with Crippen LogP contribution in [0.5, 0.6) is 0 Å². The maximum atomic E-state index is 13.3. The zero-order valence-electron chi connectivity index (χ0n) is 8.93. The van der Waals surface area contributed by atoms with Gasteiger partial charge in [-0.25, -0.2) is 4.39 Å². The quantitative estimate of drug-likeness (QED) is 0.736. The summed E-state index contributed by atoms with van der Waals surface area (Å²) in [6.45, 7) is 1.18.